The lowest BCUT2D eigenvalue weighted by molar-refractivity contribution is -0.132. The van der Waals surface area contributed by atoms with Crippen molar-refractivity contribution in [2.24, 2.45) is 4.99 Å². The van der Waals surface area contributed by atoms with Gasteiger partial charge < -0.3 is 5.11 Å². The summed E-state index contributed by atoms with van der Waals surface area (Å²) < 4.78 is 0. The molecule has 0 fully saturated rings. The summed E-state index contributed by atoms with van der Waals surface area (Å²) in [5, 5.41) is 8.58. The van der Waals surface area contributed by atoms with Crippen molar-refractivity contribution in [2.75, 3.05) is 0 Å². The molecule has 0 aromatic heterocycles. The summed E-state index contributed by atoms with van der Waals surface area (Å²) >= 11 is 0. The first kappa shape index (κ1) is 6.99. The summed E-state index contributed by atoms with van der Waals surface area (Å²) in [6.07, 6.45) is 3.12. The number of aliphatic carboxylic acids is 1. The highest BCUT2D eigenvalue weighted by atomic mass is 16.4. The van der Waals surface area contributed by atoms with Crippen LogP contribution < -0.4 is 0 Å². The van der Waals surface area contributed by atoms with Gasteiger partial charge in [-0.25, -0.2) is 4.79 Å². The Morgan fingerprint density at radius 1 is 1.80 bits per heavy atom. The van der Waals surface area contributed by atoms with Crippen molar-refractivity contribution < 1.29 is 9.90 Å². The van der Waals surface area contributed by atoms with E-state index >= 15 is 0 Å². The Morgan fingerprint density at radius 2 is 2.50 bits per heavy atom. The predicted molar refractivity (Wildman–Crippen MR) is 38.1 cm³/mol. The Labute approximate surface area is 59.1 Å². The quantitative estimate of drug-likeness (QED) is 0.593. The molecule has 0 radical (unpaired) electrons. The first-order chi connectivity index (χ1) is 4.72. The van der Waals surface area contributed by atoms with Crippen molar-refractivity contribution >= 4 is 12.2 Å². The Hall–Kier alpha value is -1.12. The van der Waals surface area contributed by atoms with Crippen molar-refractivity contribution in [3.05, 3.63) is 11.3 Å². The number of allylic oxidation sites excluding steroid dienone is 1. The SMILES string of the molecule is CC1=C(C(=O)O)CCC=N1. The van der Waals surface area contributed by atoms with Crippen LogP contribution in [0, 0.1) is 0 Å². The number of carboxylic acid groups (broad SMARTS) is 1. The molecule has 10 heavy (non-hydrogen) atoms. The van der Waals surface area contributed by atoms with Crippen LogP contribution in [-0.2, 0) is 4.79 Å². The molecule has 3 nitrogen and oxygen atoms in total. The number of nitrogens with zero attached hydrogens (tertiary/aromatic N) is 1. The Morgan fingerprint density at radius 3 is 2.90 bits per heavy atom. The van der Waals surface area contributed by atoms with Gasteiger partial charge in [-0.1, -0.05) is 0 Å². The fourth-order valence-corrected chi connectivity index (χ4v) is 0.931. The lowest BCUT2D eigenvalue weighted by atomic mass is 10.1. The zero-order valence-corrected chi connectivity index (χ0v) is 5.79. The normalized spacial score (nSPS) is 17.7. The van der Waals surface area contributed by atoms with Crippen molar-refractivity contribution in [1.82, 2.24) is 0 Å². The molecule has 0 aliphatic carbocycles. The molecular formula is C7H9NO2. The number of carbonyl (C=O) groups is 1. The maximum absolute atomic E-state index is 10.4. The number of hydrogen-bond acceptors (Lipinski definition) is 2. The smallest absolute Gasteiger partial charge is 0.333 e. The van der Waals surface area contributed by atoms with E-state index in [-0.39, 0.29) is 0 Å². The van der Waals surface area contributed by atoms with Crippen LogP contribution in [0.25, 0.3) is 0 Å². The van der Waals surface area contributed by atoms with Gasteiger partial charge in [0.25, 0.3) is 0 Å². The molecule has 0 saturated heterocycles. The lowest BCUT2D eigenvalue weighted by Gasteiger charge is -2.06. The Kier molecular flexibility index (Phi) is 1.85. The highest BCUT2D eigenvalue weighted by molar-refractivity contribution is 5.89. The standard InChI is InChI=1S/C7H9NO2/c1-5-6(7(9)10)3-2-4-8-5/h4H,2-3H2,1H3,(H,9,10). The third kappa shape index (κ3) is 1.23. The minimum Gasteiger partial charge on any atom is -0.478 e. The molecule has 0 unspecified atom stereocenters. The molecule has 0 saturated carbocycles. The molecule has 3 heteroatoms. The van der Waals surface area contributed by atoms with Gasteiger partial charge >= 0.3 is 5.97 Å². The number of hydrogen-bond donors (Lipinski definition) is 1. The van der Waals surface area contributed by atoms with Gasteiger partial charge in [-0.2, -0.15) is 0 Å². The summed E-state index contributed by atoms with van der Waals surface area (Å²) in [7, 11) is 0. The first-order valence-electron chi connectivity index (χ1n) is 3.17. The molecule has 1 rings (SSSR count). The number of aliphatic imine (C=N–C) groups is 1. The van der Waals surface area contributed by atoms with Crippen LogP contribution in [-0.4, -0.2) is 17.3 Å². The highest BCUT2D eigenvalue weighted by Crippen LogP contribution is 2.15. The van der Waals surface area contributed by atoms with E-state index in [1.165, 1.54) is 0 Å². The van der Waals surface area contributed by atoms with Crippen LogP contribution in [0.1, 0.15) is 19.8 Å². The topological polar surface area (TPSA) is 49.7 Å². The van der Waals surface area contributed by atoms with E-state index in [2.05, 4.69) is 4.99 Å². The van der Waals surface area contributed by atoms with Crippen LogP contribution in [0.4, 0.5) is 0 Å². The lowest BCUT2D eigenvalue weighted by Crippen LogP contribution is -2.06. The van der Waals surface area contributed by atoms with Crippen LogP contribution in [0.15, 0.2) is 16.3 Å². The summed E-state index contributed by atoms with van der Waals surface area (Å²) in [6, 6.07) is 0. The second kappa shape index (κ2) is 2.64. The summed E-state index contributed by atoms with van der Waals surface area (Å²) in [5.74, 6) is -0.839. The van der Waals surface area contributed by atoms with Gasteiger partial charge in [-0.3, -0.25) is 4.99 Å². The highest BCUT2D eigenvalue weighted by Gasteiger charge is 2.12. The van der Waals surface area contributed by atoms with E-state index in [4.69, 9.17) is 5.11 Å². The van der Waals surface area contributed by atoms with Gasteiger partial charge in [0, 0.05) is 11.9 Å². The van der Waals surface area contributed by atoms with Crippen LogP contribution in [0.3, 0.4) is 0 Å². The summed E-state index contributed by atoms with van der Waals surface area (Å²) in [5.41, 5.74) is 1.08. The van der Waals surface area contributed by atoms with Gasteiger partial charge in [0.2, 0.25) is 0 Å². The predicted octanol–water partition coefficient (Wildman–Crippen LogP) is 1.21. The van der Waals surface area contributed by atoms with Crippen molar-refractivity contribution in [3.63, 3.8) is 0 Å². The first-order valence-corrected chi connectivity index (χ1v) is 3.17. The van der Waals surface area contributed by atoms with Crippen LogP contribution >= 0.6 is 0 Å². The van der Waals surface area contributed by atoms with E-state index in [0.29, 0.717) is 17.7 Å². The summed E-state index contributed by atoms with van der Waals surface area (Å²) in [6.45, 7) is 1.72. The molecule has 1 aliphatic heterocycles. The average Bonchev–Trinajstić information content (AvgIpc) is 1.88. The second-order valence-electron chi connectivity index (χ2n) is 2.22. The molecular weight excluding hydrogens is 130 g/mol. The van der Waals surface area contributed by atoms with E-state index in [1.54, 1.807) is 13.1 Å². The fraction of sp³-hybridized carbons (Fsp3) is 0.429. The molecule has 0 atom stereocenters. The van der Waals surface area contributed by atoms with E-state index in [9.17, 15) is 4.79 Å². The largest absolute Gasteiger partial charge is 0.478 e. The maximum atomic E-state index is 10.4. The van der Waals surface area contributed by atoms with Gasteiger partial charge in [-0.05, 0) is 19.8 Å². The van der Waals surface area contributed by atoms with Crippen LogP contribution in [0.2, 0.25) is 0 Å². The van der Waals surface area contributed by atoms with E-state index in [1.807, 2.05) is 0 Å². The summed E-state index contributed by atoms with van der Waals surface area (Å²) in [4.78, 5) is 14.3. The van der Waals surface area contributed by atoms with Gasteiger partial charge in [0.1, 0.15) is 0 Å². The van der Waals surface area contributed by atoms with Crippen molar-refractivity contribution in [1.29, 1.82) is 0 Å². The van der Waals surface area contributed by atoms with Gasteiger partial charge in [0.15, 0.2) is 0 Å². The Balaban J connectivity index is 2.89. The van der Waals surface area contributed by atoms with Gasteiger partial charge in [-0.15, -0.1) is 0 Å². The number of carboxylic acids is 1. The third-order valence-electron chi connectivity index (χ3n) is 1.50. The van der Waals surface area contributed by atoms with Crippen molar-refractivity contribution in [3.8, 4) is 0 Å². The van der Waals surface area contributed by atoms with E-state index in [0.717, 1.165) is 6.42 Å². The number of rotatable bonds is 1. The molecule has 1 N–H and O–H groups in total. The maximum Gasteiger partial charge on any atom is 0.333 e. The van der Waals surface area contributed by atoms with E-state index < -0.39 is 5.97 Å². The second-order valence-corrected chi connectivity index (χ2v) is 2.22. The average molecular weight is 139 g/mol. The molecule has 0 spiro atoms. The molecule has 1 aliphatic rings. The molecule has 1 heterocycles. The third-order valence-corrected chi connectivity index (χ3v) is 1.50. The minimum atomic E-state index is -0.839. The Bertz CT molecular complexity index is 216. The van der Waals surface area contributed by atoms with Gasteiger partial charge in [0.05, 0.1) is 5.57 Å². The molecule has 0 aromatic rings. The van der Waals surface area contributed by atoms with Crippen molar-refractivity contribution in [2.45, 2.75) is 19.8 Å². The monoisotopic (exact) mass is 139 g/mol. The molecule has 0 aromatic carbocycles. The fourth-order valence-electron chi connectivity index (χ4n) is 0.931. The minimum absolute atomic E-state index is 0.447. The molecule has 0 amide bonds. The molecule has 54 valence electrons. The zero-order chi connectivity index (χ0) is 7.56. The van der Waals surface area contributed by atoms with Crippen LogP contribution in [0.5, 0.6) is 0 Å². The molecule has 0 bridgehead atoms. The zero-order valence-electron chi connectivity index (χ0n) is 5.79.